The van der Waals surface area contributed by atoms with E-state index in [0.717, 1.165) is 43.4 Å². The summed E-state index contributed by atoms with van der Waals surface area (Å²) in [4.78, 5) is 11.0. The minimum atomic E-state index is 0.465. The highest BCUT2D eigenvalue weighted by Crippen LogP contribution is 2.11. The van der Waals surface area contributed by atoms with E-state index < -0.39 is 0 Å². The van der Waals surface area contributed by atoms with Crippen LogP contribution in [0.1, 0.15) is 42.4 Å². The number of ether oxygens (including phenoxy) is 1. The molecule has 5 heteroatoms. The van der Waals surface area contributed by atoms with Gasteiger partial charge < -0.3 is 4.74 Å². The topological polar surface area (TPSA) is 57.0 Å². The average molecular weight is 287 g/mol. The molecule has 0 spiro atoms. The molecule has 1 aromatic heterocycles. The third-order valence-electron chi connectivity index (χ3n) is 3.27. The number of carbonyl (C=O) groups is 1. The van der Waals surface area contributed by atoms with Crippen molar-refractivity contribution < 1.29 is 9.53 Å². The summed E-state index contributed by atoms with van der Waals surface area (Å²) in [6.45, 7) is 3.46. The molecule has 0 fully saturated rings. The smallest absolute Gasteiger partial charge is 0.172 e. The van der Waals surface area contributed by atoms with E-state index in [1.807, 2.05) is 35.0 Å². The van der Waals surface area contributed by atoms with Crippen molar-refractivity contribution in [3.05, 3.63) is 41.7 Å². The molecule has 2 aromatic rings. The monoisotopic (exact) mass is 287 g/mol. The zero-order valence-electron chi connectivity index (χ0n) is 12.4. The quantitative estimate of drug-likeness (QED) is 0.525. The van der Waals surface area contributed by atoms with Crippen LogP contribution < -0.4 is 4.74 Å². The molecule has 0 amide bonds. The lowest BCUT2D eigenvalue weighted by Crippen LogP contribution is -2.09. The van der Waals surface area contributed by atoms with Gasteiger partial charge in [-0.15, -0.1) is 5.10 Å². The van der Waals surface area contributed by atoms with Crippen LogP contribution >= 0.6 is 0 Å². The van der Waals surface area contributed by atoms with Crippen LogP contribution in [0.5, 0.6) is 5.75 Å². The Balaban J connectivity index is 1.85. The highest BCUT2D eigenvalue weighted by atomic mass is 16.5. The maximum Gasteiger partial charge on any atom is 0.172 e. The van der Waals surface area contributed by atoms with E-state index in [1.54, 1.807) is 0 Å². The molecule has 0 radical (unpaired) electrons. The zero-order chi connectivity index (χ0) is 14.9. The van der Waals surface area contributed by atoms with Gasteiger partial charge in [0.1, 0.15) is 11.4 Å². The van der Waals surface area contributed by atoms with Crippen LogP contribution in [0, 0.1) is 0 Å². The molecule has 0 aliphatic carbocycles. The first kappa shape index (κ1) is 15.2. The second-order valence-electron chi connectivity index (χ2n) is 4.88. The first-order chi connectivity index (χ1) is 10.3. The lowest BCUT2D eigenvalue weighted by molar-refractivity contribution is 0.111. The summed E-state index contributed by atoms with van der Waals surface area (Å²) in [6.07, 6.45) is 4.58. The Morgan fingerprint density at radius 1 is 1.24 bits per heavy atom. The maximum absolute atomic E-state index is 11.0. The fourth-order valence-corrected chi connectivity index (χ4v) is 2.14. The molecule has 112 valence electrons. The van der Waals surface area contributed by atoms with Crippen LogP contribution in [0.4, 0.5) is 0 Å². The van der Waals surface area contributed by atoms with Gasteiger partial charge in [-0.2, -0.15) is 0 Å². The molecule has 1 aromatic carbocycles. The van der Waals surface area contributed by atoms with Gasteiger partial charge in [0.15, 0.2) is 6.29 Å². The molecule has 0 atom stereocenters. The summed E-state index contributed by atoms with van der Waals surface area (Å²) in [7, 11) is 0. The van der Waals surface area contributed by atoms with Gasteiger partial charge >= 0.3 is 0 Å². The number of carbonyl (C=O) groups excluding carboxylic acids is 1. The number of rotatable bonds is 9. The van der Waals surface area contributed by atoms with Crippen molar-refractivity contribution in [3.63, 3.8) is 0 Å². The van der Waals surface area contributed by atoms with Gasteiger partial charge in [-0.1, -0.05) is 36.8 Å². The van der Waals surface area contributed by atoms with Crippen LogP contribution in [0.25, 0.3) is 0 Å². The Hall–Kier alpha value is -2.17. The van der Waals surface area contributed by atoms with Gasteiger partial charge in [-0.05, 0) is 25.0 Å². The van der Waals surface area contributed by atoms with Gasteiger partial charge in [-0.3, -0.25) is 4.79 Å². The normalized spacial score (nSPS) is 10.5. The molecular formula is C16H21N3O2. The van der Waals surface area contributed by atoms with Crippen molar-refractivity contribution in [3.8, 4) is 5.75 Å². The molecule has 0 aliphatic rings. The number of nitrogens with zero attached hydrogens (tertiary/aromatic N) is 3. The number of unbranched alkanes of at least 4 members (excludes halogenated alkanes) is 1. The number of hydrogen-bond donors (Lipinski definition) is 0. The van der Waals surface area contributed by atoms with Crippen LogP contribution in [0.3, 0.4) is 0 Å². The number of aromatic nitrogens is 3. The SMILES string of the molecule is CCCCc1c(C=O)nnn1CCCOc1ccccc1. The second kappa shape index (κ2) is 8.19. The van der Waals surface area contributed by atoms with Crippen molar-refractivity contribution in [1.29, 1.82) is 0 Å². The van der Waals surface area contributed by atoms with Crippen molar-refractivity contribution >= 4 is 6.29 Å². The van der Waals surface area contributed by atoms with E-state index in [1.165, 1.54) is 0 Å². The van der Waals surface area contributed by atoms with Crippen molar-refractivity contribution in [1.82, 2.24) is 15.0 Å². The number of hydrogen-bond acceptors (Lipinski definition) is 4. The standard InChI is InChI=1S/C16H21N3O2/c1-2-3-10-16-15(13-20)17-18-19(16)11-7-12-21-14-8-5-4-6-9-14/h4-6,8-9,13H,2-3,7,10-12H2,1H3. The van der Waals surface area contributed by atoms with Gasteiger partial charge in [0.2, 0.25) is 0 Å². The Labute approximate surface area is 124 Å². The van der Waals surface area contributed by atoms with Crippen LogP contribution in [-0.2, 0) is 13.0 Å². The van der Waals surface area contributed by atoms with Gasteiger partial charge in [-0.25, -0.2) is 4.68 Å². The molecule has 1 heterocycles. The number of aldehydes is 1. The highest BCUT2D eigenvalue weighted by Gasteiger charge is 2.11. The predicted molar refractivity (Wildman–Crippen MR) is 80.6 cm³/mol. The molecule has 0 N–H and O–H groups in total. The first-order valence-corrected chi connectivity index (χ1v) is 7.40. The largest absolute Gasteiger partial charge is 0.494 e. The summed E-state index contributed by atoms with van der Waals surface area (Å²) in [5, 5.41) is 7.99. The Morgan fingerprint density at radius 2 is 2.05 bits per heavy atom. The first-order valence-electron chi connectivity index (χ1n) is 7.40. The number of benzene rings is 1. The van der Waals surface area contributed by atoms with E-state index >= 15 is 0 Å². The summed E-state index contributed by atoms with van der Waals surface area (Å²) < 4.78 is 7.48. The van der Waals surface area contributed by atoms with E-state index in [0.29, 0.717) is 18.8 Å². The van der Waals surface area contributed by atoms with Crippen LogP contribution in [0.15, 0.2) is 30.3 Å². The highest BCUT2D eigenvalue weighted by molar-refractivity contribution is 5.73. The number of para-hydroxylation sites is 1. The maximum atomic E-state index is 11.0. The molecule has 21 heavy (non-hydrogen) atoms. The predicted octanol–water partition coefficient (Wildman–Crippen LogP) is 2.90. The minimum absolute atomic E-state index is 0.465. The molecule has 0 saturated carbocycles. The number of aryl methyl sites for hydroxylation is 1. The van der Waals surface area contributed by atoms with Gasteiger partial charge in [0.25, 0.3) is 0 Å². The lowest BCUT2D eigenvalue weighted by Gasteiger charge is -2.08. The zero-order valence-corrected chi connectivity index (χ0v) is 12.4. The van der Waals surface area contributed by atoms with Crippen molar-refractivity contribution in [2.24, 2.45) is 0 Å². The van der Waals surface area contributed by atoms with E-state index in [9.17, 15) is 4.79 Å². The minimum Gasteiger partial charge on any atom is -0.494 e. The van der Waals surface area contributed by atoms with E-state index in [-0.39, 0.29) is 0 Å². The van der Waals surface area contributed by atoms with Crippen molar-refractivity contribution in [2.45, 2.75) is 39.2 Å². The van der Waals surface area contributed by atoms with E-state index in [2.05, 4.69) is 17.2 Å². The van der Waals surface area contributed by atoms with Crippen LogP contribution in [0.2, 0.25) is 0 Å². The molecule has 0 unspecified atom stereocenters. The Kier molecular flexibility index (Phi) is 5.94. The molecule has 0 aliphatic heterocycles. The molecule has 0 saturated heterocycles. The van der Waals surface area contributed by atoms with E-state index in [4.69, 9.17) is 4.74 Å². The Bertz CT molecular complexity index is 552. The second-order valence-corrected chi connectivity index (χ2v) is 4.88. The lowest BCUT2D eigenvalue weighted by atomic mass is 10.1. The third kappa shape index (κ3) is 4.41. The van der Waals surface area contributed by atoms with Gasteiger partial charge in [0, 0.05) is 13.0 Å². The Morgan fingerprint density at radius 3 is 2.76 bits per heavy atom. The average Bonchev–Trinajstić information content (AvgIpc) is 2.92. The summed E-state index contributed by atoms with van der Waals surface area (Å²) >= 11 is 0. The van der Waals surface area contributed by atoms with Crippen LogP contribution in [-0.4, -0.2) is 27.9 Å². The fraction of sp³-hybridized carbons (Fsp3) is 0.438. The van der Waals surface area contributed by atoms with Crippen molar-refractivity contribution in [2.75, 3.05) is 6.61 Å². The third-order valence-corrected chi connectivity index (χ3v) is 3.27. The molecule has 0 bridgehead atoms. The summed E-state index contributed by atoms with van der Waals surface area (Å²) in [5.41, 5.74) is 1.40. The summed E-state index contributed by atoms with van der Waals surface area (Å²) in [5.74, 6) is 0.871. The molecular weight excluding hydrogens is 266 g/mol. The summed E-state index contributed by atoms with van der Waals surface area (Å²) in [6, 6.07) is 9.74. The molecule has 5 nitrogen and oxygen atoms in total. The van der Waals surface area contributed by atoms with Gasteiger partial charge in [0.05, 0.1) is 12.3 Å². The molecule has 2 rings (SSSR count). The fourth-order valence-electron chi connectivity index (χ4n) is 2.14.